The monoisotopic (exact) mass is 410 g/mol. The molecule has 8 heteroatoms. The first-order valence-corrected chi connectivity index (χ1v) is 9.34. The molecule has 2 aromatic heterocycles. The van der Waals surface area contributed by atoms with Crippen molar-refractivity contribution in [1.82, 2.24) is 9.97 Å². The van der Waals surface area contributed by atoms with Crippen molar-refractivity contribution in [1.29, 1.82) is 0 Å². The molecule has 0 unspecified atom stereocenters. The Hall–Kier alpha value is -3.55. The molecular formula is C22H20F2N4O2. The van der Waals surface area contributed by atoms with Gasteiger partial charge in [0.2, 0.25) is 5.88 Å². The number of hydrogen-bond donors (Lipinski definition) is 0. The second kappa shape index (κ2) is 7.37. The predicted octanol–water partition coefficient (Wildman–Crippen LogP) is 4.44. The van der Waals surface area contributed by atoms with E-state index in [4.69, 9.17) is 4.74 Å². The summed E-state index contributed by atoms with van der Waals surface area (Å²) >= 11 is 0. The quantitative estimate of drug-likeness (QED) is 0.639. The number of hydrogen-bond acceptors (Lipinski definition) is 5. The van der Waals surface area contributed by atoms with E-state index >= 15 is 0 Å². The second-order valence-electron chi connectivity index (χ2n) is 7.12. The maximum atomic E-state index is 14.3. The van der Waals surface area contributed by atoms with Crippen LogP contribution in [0.3, 0.4) is 0 Å². The van der Waals surface area contributed by atoms with Gasteiger partial charge >= 0.3 is 0 Å². The normalized spacial score (nSPS) is 13.5. The van der Waals surface area contributed by atoms with Crippen LogP contribution >= 0.6 is 0 Å². The van der Waals surface area contributed by atoms with E-state index < -0.39 is 5.82 Å². The van der Waals surface area contributed by atoms with Crippen molar-refractivity contribution in [2.75, 3.05) is 23.6 Å². The first-order chi connectivity index (χ1) is 14.3. The molecule has 1 aliphatic heterocycles. The second-order valence-corrected chi connectivity index (χ2v) is 7.12. The van der Waals surface area contributed by atoms with Crippen LogP contribution in [0.5, 0.6) is 5.88 Å². The summed E-state index contributed by atoms with van der Waals surface area (Å²) in [7, 11) is 1.51. The number of anilines is 3. The van der Waals surface area contributed by atoms with Crippen molar-refractivity contribution in [3.8, 4) is 5.88 Å². The highest BCUT2D eigenvalue weighted by Gasteiger charge is 2.34. The standard InChI is InChI=1S/C22H20F2N4O2/c1-12-9-15(23)5-6-18(12)27-11-28(19-7-8-20(30-4)25-14(19)3)22(29)16-10-17(24)13(2)26-21(16)27/h5-10H,11H2,1-4H3. The molecule has 0 saturated heterocycles. The van der Waals surface area contributed by atoms with Crippen LogP contribution in [0.25, 0.3) is 0 Å². The molecule has 0 saturated carbocycles. The molecule has 1 aliphatic rings. The fourth-order valence-electron chi connectivity index (χ4n) is 3.58. The minimum atomic E-state index is -0.565. The third-order valence-electron chi connectivity index (χ3n) is 5.13. The van der Waals surface area contributed by atoms with Crippen LogP contribution in [-0.4, -0.2) is 29.7 Å². The number of amides is 1. The van der Waals surface area contributed by atoms with Crippen LogP contribution < -0.4 is 14.5 Å². The van der Waals surface area contributed by atoms with Gasteiger partial charge in [0.1, 0.15) is 24.1 Å². The molecule has 0 atom stereocenters. The molecular weight excluding hydrogens is 390 g/mol. The van der Waals surface area contributed by atoms with Crippen LogP contribution in [0, 0.1) is 32.4 Å². The minimum Gasteiger partial charge on any atom is -0.481 e. The van der Waals surface area contributed by atoms with Gasteiger partial charge < -0.3 is 9.64 Å². The molecule has 3 heterocycles. The summed E-state index contributed by atoms with van der Waals surface area (Å²) < 4.78 is 33.2. The van der Waals surface area contributed by atoms with E-state index in [0.29, 0.717) is 34.3 Å². The zero-order valence-corrected chi connectivity index (χ0v) is 17.0. The largest absolute Gasteiger partial charge is 0.481 e. The molecule has 154 valence electrons. The lowest BCUT2D eigenvalue weighted by molar-refractivity contribution is 0.0982. The fraction of sp³-hybridized carbons (Fsp3) is 0.227. The van der Waals surface area contributed by atoms with Gasteiger partial charge in [0.15, 0.2) is 0 Å². The highest BCUT2D eigenvalue weighted by atomic mass is 19.1. The first-order valence-electron chi connectivity index (χ1n) is 9.34. The van der Waals surface area contributed by atoms with Gasteiger partial charge in [-0.25, -0.2) is 18.7 Å². The average molecular weight is 410 g/mol. The maximum Gasteiger partial charge on any atom is 0.263 e. The highest BCUT2D eigenvalue weighted by molar-refractivity contribution is 6.12. The number of carbonyl (C=O) groups excluding carboxylic acids is 1. The summed E-state index contributed by atoms with van der Waals surface area (Å²) in [6, 6.07) is 8.97. The Balaban J connectivity index is 1.90. The molecule has 0 spiro atoms. The van der Waals surface area contributed by atoms with Gasteiger partial charge in [0.05, 0.1) is 29.7 Å². The van der Waals surface area contributed by atoms with Crippen LogP contribution in [-0.2, 0) is 0 Å². The number of pyridine rings is 2. The summed E-state index contributed by atoms with van der Waals surface area (Å²) in [5.41, 5.74) is 2.81. The molecule has 0 N–H and O–H groups in total. The summed E-state index contributed by atoms with van der Waals surface area (Å²) in [5, 5.41) is 0. The maximum absolute atomic E-state index is 14.3. The number of ether oxygens (including phenoxy) is 1. The van der Waals surface area contributed by atoms with Crippen LogP contribution in [0.2, 0.25) is 0 Å². The van der Waals surface area contributed by atoms with Crippen molar-refractivity contribution < 1.29 is 18.3 Å². The number of aromatic nitrogens is 2. The average Bonchev–Trinajstić information content (AvgIpc) is 2.71. The number of aryl methyl sites for hydroxylation is 3. The fourth-order valence-corrected chi connectivity index (χ4v) is 3.58. The molecule has 6 nitrogen and oxygen atoms in total. The van der Waals surface area contributed by atoms with Crippen LogP contribution in [0.1, 0.15) is 27.3 Å². The van der Waals surface area contributed by atoms with Gasteiger partial charge in [-0.15, -0.1) is 0 Å². The molecule has 3 aromatic rings. The molecule has 1 aromatic carbocycles. The molecule has 30 heavy (non-hydrogen) atoms. The third kappa shape index (κ3) is 3.24. The molecule has 0 aliphatic carbocycles. The number of halogens is 2. The summed E-state index contributed by atoms with van der Waals surface area (Å²) in [5.74, 6) is -0.550. The van der Waals surface area contributed by atoms with Gasteiger partial charge in [-0.3, -0.25) is 9.69 Å². The van der Waals surface area contributed by atoms with E-state index in [1.807, 2.05) is 0 Å². The van der Waals surface area contributed by atoms with Crippen molar-refractivity contribution in [2.24, 2.45) is 0 Å². The van der Waals surface area contributed by atoms with E-state index in [-0.39, 0.29) is 29.7 Å². The molecule has 4 rings (SSSR count). The number of rotatable bonds is 3. The van der Waals surface area contributed by atoms with Crippen molar-refractivity contribution in [2.45, 2.75) is 20.8 Å². The van der Waals surface area contributed by atoms with Gasteiger partial charge in [-0.2, -0.15) is 0 Å². The Kier molecular flexibility index (Phi) is 4.85. The minimum absolute atomic E-state index is 0.116. The van der Waals surface area contributed by atoms with Crippen molar-refractivity contribution in [3.05, 3.63) is 70.5 Å². The zero-order chi connectivity index (χ0) is 21.6. The van der Waals surface area contributed by atoms with Gasteiger partial charge in [0, 0.05) is 11.8 Å². The van der Waals surface area contributed by atoms with E-state index in [0.717, 1.165) is 0 Å². The van der Waals surface area contributed by atoms with Crippen molar-refractivity contribution >= 4 is 23.1 Å². The molecule has 0 fully saturated rings. The van der Waals surface area contributed by atoms with Crippen LogP contribution in [0.4, 0.5) is 26.0 Å². The summed E-state index contributed by atoms with van der Waals surface area (Å²) in [6.07, 6.45) is 0. The highest BCUT2D eigenvalue weighted by Crippen LogP contribution is 2.37. The number of nitrogens with zero attached hydrogens (tertiary/aromatic N) is 4. The predicted molar refractivity (Wildman–Crippen MR) is 109 cm³/mol. The molecule has 0 bridgehead atoms. The number of methoxy groups -OCH3 is 1. The lowest BCUT2D eigenvalue weighted by Gasteiger charge is -2.38. The lowest BCUT2D eigenvalue weighted by atomic mass is 10.1. The number of carbonyl (C=O) groups is 1. The van der Waals surface area contributed by atoms with Gasteiger partial charge in [0.25, 0.3) is 5.91 Å². The van der Waals surface area contributed by atoms with E-state index in [1.54, 1.807) is 43.9 Å². The van der Waals surface area contributed by atoms with E-state index in [2.05, 4.69) is 9.97 Å². The smallest absolute Gasteiger partial charge is 0.263 e. The topological polar surface area (TPSA) is 58.6 Å². The first kappa shape index (κ1) is 19.8. The summed E-state index contributed by atoms with van der Waals surface area (Å²) in [4.78, 5) is 25.2. The SMILES string of the molecule is COc1ccc(N2CN(c3ccc(F)cc3C)c3nc(C)c(F)cc3C2=O)c(C)n1. The van der Waals surface area contributed by atoms with Gasteiger partial charge in [-0.05, 0) is 56.7 Å². The number of benzene rings is 1. The Morgan fingerprint density at radius 1 is 0.933 bits per heavy atom. The summed E-state index contributed by atoms with van der Waals surface area (Å²) in [6.45, 7) is 5.20. The van der Waals surface area contributed by atoms with Crippen molar-refractivity contribution in [3.63, 3.8) is 0 Å². The lowest BCUT2D eigenvalue weighted by Crippen LogP contribution is -2.46. The Morgan fingerprint density at radius 3 is 2.33 bits per heavy atom. The molecule has 1 amide bonds. The Bertz CT molecular complexity index is 1170. The third-order valence-corrected chi connectivity index (χ3v) is 5.13. The van der Waals surface area contributed by atoms with E-state index in [9.17, 15) is 13.6 Å². The number of fused-ring (bicyclic) bond motifs is 1. The Morgan fingerprint density at radius 2 is 1.67 bits per heavy atom. The molecule has 0 radical (unpaired) electrons. The van der Waals surface area contributed by atoms with Crippen LogP contribution in [0.15, 0.2) is 36.4 Å². The van der Waals surface area contributed by atoms with E-state index in [1.165, 1.54) is 30.2 Å². The Labute approximate surface area is 172 Å². The van der Waals surface area contributed by atoms with Gasteiger partial charge in [-0.1, -0.05) is 0 Å². The zero-order valence-electron chi connectivity index (χ0n) is 17.0.